The van der Waals surface area contributed by atoms with E-state index in [0.29, 0.717) is 28.7 Å². The van der Waals surface area contributed by atoms with Crippen LogP contribution in [0.4, 0.5) is 5.69 Å². The quantitative estimate of drug-likeness (QED) is 0.835. The number of nitrogens with zero attached hydrogens (tertiary/aromatic N) is 1. The van der Waals surface area contributed by atoms with Gasteiger partial charge in [0.05, 0.1) is 16.3 Å². The molecule has 1 fully saturated rings. The number of rotatable bonds is 3. The molecule has 0 radical (unpaired) electrons. The number of aliphatic hydroxyl groups is 1. The molecule has 1 aromatic rings. The van der Waals surface area contributed by atoms with Crippen LogP contribution in [0.1, 0.15) is 29.6 Å². The molecule has 104 valence electrons. The molecule has 0 aromatic heterocycles. The van der Waals surface area contributed by atoms with Gasteiger partial charge in [-0.15, -0.1) is 0 Å². The summed E-state index contributed by atoms with van der Waals surface area (Å²) in [5.41, 5.74) is 6.68. The van der Waals surface area contributed by atoms with Gasteiger partial charge in [0.15, 0.2) is 0 Å². The predicted molar refractivity (Wildman–Crippen MR) is 76.2 cm³/mol. The van der Waals surface area contributed by atoms with Crippen LogP contribution in [-0.4, -0.2) is 35.6 Å². The Kier molecular flexibility index (Phi) is 4.66. The fourth-order valence-electron chi connectivity index (χ4n) is 2.56. The van der Waals surface area contributed by atoms with E-state index in [4.69, 9.17) is 22.4 Å². The van der Waals surface area contributed by atoms with Gasteiger partial charge in [-0.3, -0.25) is 4.79 Å². The van der Waals surface area contributed by atoms with E-state index in [0.717, 1.165) is 25.8 Å². The largest absolute Gasteiger partial charge is 0.397 e. The maximum atomic E-state index is 12.4. The maximum Gasteiger partial charge on any atom is 0.256 e. The zero-order valence-electron chi connectivity index (χ0n) is 10.8. The van der Waals surface area contributed by atoms with Gasteiger partial charge in [0.1, 0.15) is 0 Å². The summed E-state index contributed by atoms with van der Waals surface area (Å²) in [5.74, 6) is 0.311. The molecular formula is C14H19ClN2O2. The lowest BCUT2D eigenvalue weighted by molar-refractivity contribution is 0.0654. The van der Waals surface area contributed by atoms with Crippen molar-refractivity contribution in [3.05, 3.63) is 28.8 Å². The maximum absolute atomic E-state index is 12.4. The van der Waals surface area contributed by atoms with E-state index in [1.165, 1.54) is 0 Å². The number of likely N-dealkylation sites (tertiary alicyclic amines) is 1. The summed E-state index contributed by atoms with van der Waals surface area (Å²) >= 11 is 5.95. The molecule has 0 aliphatic carbocycles. The standard InChI is InChI=1S/C14H19ClN2O2/c15-12-5-1-4-11(13(12)16)14(19)17-7-2-3-10(9-17)6-8-18/h1,4-5,10,18H,2-3,6-9,16H2. The van der Waals surface area contributed by atoms with Crippen LogP contribution in [0.2, 0.25) is 5.02 Å². The third kappa shape index (κ3) is 3.19. The number of aliphatic hydroxyl groups excluding tert-OH is 1. The molecule has 1 heterocycles. The molecule has 5 heteroatoms. The van der Waals surface area contributed by atoms with Crippen LogP contribution >= 0.6 is 11.6 Å². The zero-order chi connectivity index (χ0) is 13.8. The number of amides is 1. The topological polar surface area (TPSA) is 66.6 Å². The Hall–Kier alpha value is -1.26. The number of carbonyl (C=O) groups is 1. The van der Waals surface area contributed by atoms with Crippen molar-refractivity contribution in [3.8, 4) is 0 Å². The smallest absolute Gasteiger partial charge is 0.256 e. The van der Waals surface area contributed by atoms with Crippen molar-refractivity contribution >= 4 is 23.2 Å². The predicted octanol–water partition coefficient (Wildman–Crippen LogP) is 2.16. The lowest BCUT2D eigenvalue weighted by Gasteiger charge is -2.33. The van der Waals surface area contributed by atoms with Crippen LogP contribution in [-0.2, 0) is 0 Å². The molecule has 1 unspecified atom stereocenters. The molecule has 1 aliphatic heterocycles. The molecule has 3 N–H and O–H groups in total. The highest BCUT2D eigenvalue weighted by Gasteiger charge is 2.25. The van der Waals surface area contributed by atoms with Gasteiger partial charge < -0.3 is 15.7 Å². The van der Waals surface area contributed by atoms with Gasteiger partial charge in [0.25, 0.3) is 5.91 Å². The summed E-state index contributed by atoms with van der Waals surface area (Å²) in [7, 11) is 0. The van der Waals surface area contributed by atoms with Gasteiger partial charge in [-0.1, -0.05) is 17.7 Å². The third-order valence-electron chi connectivity index (χ3n) is 3.63. The van der Waals surface area contributed by atoms with E-state index in [1.807, 2.05) is 4.90 Å². The number of anilines is 1. The minimum Gasteiger partial charge on any atom is -0.397 e. The normalized spacial score (nSPS) is 19.5. The van der Waals surface area contributed by atoms with Crippen LogP contribution in [0.25, 0.3) is 0 Å². The molecule has 0 bridgehead atoms. The minimum absolute atomic E-state index is 0.0670. The van der Waals surface area contributed by atoms with Crippen molar-refractivity contribution in [2.45, 2.75) is 19.3 Å². The number of nitrogen functional groups attached to an aromatic ring is 1. The summed E-state index contributed by atoms with van der Waals surface area (Å²) < 4.78 is 0. The van der Waals surface area contributed by atoms with Crippen molar-refractivity contribution in [2.24, 2.45) is 5.92 Å². The number of hydrogen-bond donors (Lipinski definition) is 2. The third-order valence-corrected chi connectivity index (χ3v) is 3.96. The average Bonchev–Trinajstić information content (AvgIpc) is 2.42. The Morgan fingerprint density at radius 3 is 3.05 bits per heavy atom. The van der Waals surface area contributed by atoms with E-state index in [-0.39, 0.29) is 12.5 Å². The SMILES string of the molecule is Nc1c(Cl)cccc1C(=O)N1CCCC(CCO)C1. The van der Waals surface area contributed by atoms with E-state index in [2.05, 4.69) is 0 Å². The number of benzene rings is 1. The second kappa shape index (κ2) is 6.26. The van der Waals surface area contributed by atoms with Crippen LogP contribution in [0.5, 0.6) is 0 Å². The first-order valence-corrected chi connectivity index (χ1v) is 6.95. The number of halogens is 1. The Labute approximate surface area is 118 Å². The Morgan fingerprint density at radius 2 is 2.32 bits per heavy atom. The number of para-hydroxylation sites is 1. The van der Waals surface area contributed by atoms with Crippen molar-refractivity contribution in [1.82, 2.24) is 4.90 Å². The first-order chi connectivity index (χ1) is 9.13. The van der Waals surface area contributed by atoms with Crippen molar-refractivity contribution in [1.29, 1.82) is 0 Å². The Morgan fingerprint density at radius 1 is 1.53 bits per heavy atom. The number of hydrogen-bond acceptors (Lipinski definition) is 3. The van der Waals surface area contributed by atoms with E-state index < -0.39 is 0 Å². The molecule has 4 nitrogen and oxygen atoms in total. The number of nitrogens with two attached hydrogens (primary N) is 1. The first kappa shape index (κ1) is 14.2. The summed E-state index contributed by atoms with van der Waals surface area (Å²) in [6.45, 7) is 1.60. The molecule has 0 saturated carbocycles. The lowest BCUT2D eigenvalue weighted by Crippen LogP contribution is -2.40. The highest BCUT2D eigenvalue weighted by Crippen LogP contribution is 2.26. The monoisotopic (exact) mass is 282 g/mol. The van der Waals surface area contributed by atoms with Gasteiger partial charge in [-0.25, -0.2) is 0 Å². The van der Waals surface area contributed by atoms with Gasteiger partial charge in [-0.2, -0.15) is 0 Å². The first-order valence-electron chi connectivity index (χ1n) is 6.57. The van der Waals surface area contributed by atoms with Gasteiger partial charge in [0, 0.05) is 19.7 Å². The fourth-order valence-corrected chi connectivity index (χ4v) is 2.74. The van der Waals surface area contributed by atoms with E-state index in [9.17, 15) is 4.79 Å². The molecule has 0 spiro atoms. The molecular weight excluding hydrogens is 264 g/mol. The van der Waals surface area contributed by atoms with E-state index >= 15 is 0 Å². The van der Waals surface area contributed by atoms with E-state index in [1.54, 1.807) is 18.2 Å². The number of piperidine rings is 1. The molecule has 19 heavy (non-hydrogen) atoms. The van der Waals surface area contributed by atoms with Crippen molar-refractivity contribution < 1.29 is 9.90 Å². The average molecular weight is 283 g/mol. The Balaban J connectivity index is 2.12. The van der Waals surface area contributed by atoms with Gasteiger partial charge in [0.2, 0.25) is 0 Å². The minimum atomic E-state index is -0.0670. The number of carbonyl (C=O) groups excluding carboxylic acids is 1. The molecule has 2 rings (SSSR count). The van der Waals surface area contributed by atoms with Crippen molar-refractivity contribution in [2.75, 3.05) is 25.4 Å². The molecule has 1 saturated heterocycles. The fraction of sp³-hybridized carbons (Fsp3) is 0.500. The second-order valence-electron chi connectivity index (χ2n) is 4.97. The van der Waals surface area contributed by atoms with Gasteiger partial charge in [-0.05, 0) is 37.3 Å². The van der Waals surface area contributed by atoms with Crippen LogP contribution in [0.3, 0.4) is 0 Å². The summed E-state index contributed by atoms with van der Waals surface area (Å²) in [4.78, 5) is 14.3. The highest BCUT2D eigenvalue weighted by atomic mass is 35.5. The molecule has 1 aromatic carbocycles. The molecule has 1 aliphatic rings. The van der Waals surface area contributed by atoms with Crippen molar-refractivity contribution in [3.63, 3.8) is 0 Å². The zero-order valence-corrected chi connectivity index (χ0v) is 11.6. The lowest BCUT2D eigenvalue weighted by atomic mass is 9.94. The highest BCUT2D eigenvalue weighted by molar-refractivity contribution is 6.33. The Bertz CT molecular complexity index is 463. The molecule has 1 atom stereocenters. The van der Waals surface area contributed by atoms with Crippen LogP contribution < -0.4 is 5.73 Å². The van der Waals surface area contributed by atoms with Gasteiger partial charge >= 0.3 is 0 Å². The van der Waals surface area contributed by atoms with Crippen LogP contribution in [0, 0.1) is 5.92 Å². The summed E-state index contributed by atoms with van der Waals surface area (Å²) in [6, 6.07) is 5.12. The van der Waals surface area contributed by atoms with Crippen LogP contribution in [0.15, 0.2) is 18.2 Å². The second-order valence-corrected chi connectivity index (χ2v) is 5.38. The summed E-state index contributed by atoms with van der Waals surface area (Å²) in [6.07, 6.45) is 2.78. The molecule has 1 amide bonds. The summed E-state index contributed by atoms with van der Waals surface area (Å²) in [5, 5.41) is 9.41.